The Morgan fingerprint density at radius 3 is 1.96 bits per heavy atom. The number of anilines is 1. The maximum Gasteiger partial charge on any atom is 0.356 e. The summed E-state index contributed by atoms with van der Waals surface area (Å²) >= 11 is 0. The zero-order valence-electron chi connectivity index (χ0n) is 24.0. The van der Waals surface area contributed by atoms with Gasteiger partial charge < -0.3 is 81.9 Å². The Hall–Kier alpha value is -3.90. The first kappa shape index (κ1) is 36.4. The second kappa shape index (κ2) is 10.6. The maximum atomic E-state index is 15.1. The first-order chi connectivity index (χ1) is 22.1. The first-order valence-corrected chi connectivity index (χ1v) is 13.3. The first-order valence-electron chi connectivity index (χ1n) is 13.3. The van der Waals surface area contributed by atoms with Crippen LogP contribution >= 0.6 is 0 Å². The molecule has 5 rings (SSSR count). The van der Waals surface area contributed by atoms with Crippen molar-refractivity contribution in [1.29, 1.82) is 0 Å². The van der Waals surface area contributed by atoms with Crippen LogP contribution in [0.15, 0.2) is 36.4 Å². The normalized spacial score (nSPS) is 26.0. The van der Waals surface area contributed by atoms with Crippen molar-refractivity contribution in [3.63, 3.8) is 0 Å². The topological polar surface area (TPSA) is 394 Å². The Morgan fingerprint density at radius 1 is 0.837 bits per heavy atom. The van der Waals surface area contributed by atoms with Gasteiger partial charge in [-0.2, -0.15) is 0 Å². The molecular weight excluding hydrogens is 679 g/mol. The summed E-state index contributed by atoms with van der Waals surface area (Å²) in [4.78, 5) is 35.8. The van der Waals surface area contributed by atoms with E-state index >= 15 is 4.39 Å². The number of ether oxygens (including phenoxy) is 1. The van der Waals surface area contributed by atoms with Gasteiger partial charge in [0.1, 0.15) is 5.82 Å². The zero-order valence-corrected chi connectivity index (χ0v) is 24.0. The van der Waals surface area contributed by atoms with Crippen LogP contribution in [0.3, 0.4) is 0 Å². The molecule has 0 aromatic heterocycles. The third kappa shape index (κ3) is 5.08. The van der Waals surface area contributed by atoms with Crippen LogP contribution in [0.1, 0.15) is 39.9 Å². The van der Waals surface area contributed by atoms with Crippen LogP contribution in [0.5, 0.6) is 0 Å². The lowest BCUT2D eigenvalue weighted by Crippen LogP contribution is -2.87. The minimum absolute atomic E-state index is 0.0364. The molecule has 49 heavy (non-hydrogen) atoms. The van der Waals surface area contributed by atoms with E-state index in [1.807, 2.05) is 0 Å². The second-order valence-electron chi connectivity index (χ2n) is 11.3. The molecule has 23 nitrogen and oxygen atoms in total. The molecule has 3 heterocycles. The minimum atomic E-state index is -4.81. The number of aliphatic hydroxyl groups is 15. The monoisotopic (exact) mass is 706 g/mol. The number of imide groups is 1. The predicted molar refractivity (Wildman–Crippen MR) is 140 cm³/mol. The van der Waals surface area contributed by atoms with Gasteiger partial charge in [-0.1, -0.05) is 6.07 Å². The molecule has 0 bridgehead atoms. The fraction of sp³-hybridized carbons (Fsp3) is 0.400. The number of carbonyl (C=O) groups excluding carboxylic acids is 3. The van der Waals surface area contributed by atoms with E-state index in [0.29, 0.717) is 0 Å². The molecule has 3 aliphatic rings. The lowest BCUT2D eigenvalue weighted by molar-refractivity contribution is -0.681. The molecule has 268 valence electrons. The Bertz CT molecular complexity index is 1740. The standard InChI is InChI=1S/C25H27FN4O19/c26-12-5-4-9(20(37,38)30-22(41,42)24(45,46)49-25(47,48)23(30,43)44)8-11(12)19(35,36)28-13-3-1-2-10-15(13)21(39,40)29(16(10)32)18(34)7-6-14(31)27-17(18)33/h1-5,8,28,34-48H,6-7H2,(H,27,31,33). The lowest BCUT2D eigenvalue weighted by Gasteiger charge is -2.57. The van der Waals surface area contributed by atoms with Crippen molar-refractivity contribution in [2.24, 2.45) is 0 Å². The lowest BCUT2D eigenvalue weighted by atomic mass is 9.98. The highest BCUT2D eigenvalue weighted by molar-refractivity contribution is 6.08. The van der Waals surface area contributed by atoms with Crippen LogP contribution in [0.2, 0.25) is 0 Å². The van der Waals surface area contributed by atoms with E-state index in [2.05, 4.69) is 4.74 Å². The Labute approximate surface area is 269 Å². The Kier molecular flexibility index (Phi) is 7.84. The maximum absolute atomic E-state index is 15.1. The van der Waals surface area contributed by atoms with Crippen molar-refractivity contribution >= 4 is 23.4 Å². The number of morpholine rings is 1. The van der Waals surface area contributed by atoms with Crippen molar-refractivity contribution in [1.82, 2.24) is 15.1 Å². The van der Waals surface area contributed by atoms with Crippen molar-refractivity contribution in [3.05, 3.63) is 64.5 Å². The molecule has 2 saturated heterocycles. The Morgan fingerprint density at radius 2 is 1.41 bits per heavy atom. The third-order valence-electron chi connectivity index (χ3n) is 7.96. The van der Waals surface area contributed by atoms with E-state index in [1.165, 1.54) is 0 Å². The van der Waals surface area contributed by atoms with Crippen molar-refractivity contribution < 1.29 is 100 Å². The number of hydrogen-bond acceptors (Lipinski definition) is 21. The number of nitrogens with zero attached hydrogens (tertiary/aromatic N) is 2. The van der Waals surface area contributed by atoms with E-state index in [4.69, 9.17) is 0 Å². The molecule has 0 spiro atoms. The average molecular weight is 706 g/mol. The fourth-order valence-electron chi connectivity index (χ4n) is 5.56. The number of rotatable bonds is 6. The molecule has 3 aliphatic heterocycles. The van der Waals surface area contributed by atoms with Gasteiger partial charge in [0.05, 0.1) is 16.7 Å². The van der Waals surface area contributed by atoms with Gasteiger partial charge in [0.15, 0.2) is 0 Å². The van der Waals surface area contributed by atoms with Gasteiger partial charge in [-0.05, 0) is 30.3 Å². The van der Waals surface area contributed by atoms with E-state index in [0.717, 1.165) is 18.2 Å². The average Bonchev–Trinajstić information content (AvgIpc) is 3.14. The third-order valence-corrected chi connectivity index (χ3v) is 7.96. The number of nitrogens with one attached hydrogen (secondary N) is 2. The molecule has 2 fully saturated rings. The highest BCUT2D eigenvalue weighted by Gasteiger charge is 2.78. The second-order valence-corrected chi connectivity index (χ2v) is 11.3. The van der Waals surface area contributed by atoms with Crippen molar-refractivity contribution in [3.8, 4) is 0 Å². The molecule has 0 radical (unpaired) electrons. The summed E-state index contributed by atoms with van der Waals surface area (Å²) in [5.41, 5.74) is -8.51. The van der Waals surface area contributed by atoms with Gasteiger partial charge in [0.25, 0.3) is 29.5 Å². The molecule has 17 N–H and O–H groups in total. The summed E-state index contributed by atoms with van der Waals surface area (Å²) in [5, 5.41) is 160. The molecule has 1 atom stereocenters. The summed E-state index contributed by atoms with van der Waals surface area (Å²) in [7, 11) is 0. The predicted octanol–water partition coefficient (Wildman–Crippen LogP) is -8.31. The van der Waals surface area contributed by atoms with Crippen LogP contribution in [0.4, 0.5) is 10.1 Å². The van der Waals surface area contributed by atoms with E-state index in [-0.39, 0.29) is 23.1 Å². The summed E-state index contributed by atoms with van der Waals surface area (Å²) < 4.78 is 18.7. The van der Waals surface area contributed by atoms with E-state index in [9.17, 15) is 91.0 Å². The largest absolute Gasteiger partial charge is 0.363 e. The van der Waals surface area contributed by atoms with Gasteiger partial charge in [0.2, 0.25) is 11.6 Å². The number of hydrogen-bond donors (Lipinski definition) is 17. The highest BCUT2D eigenvalue weighted by Crippen LogP contribution is 2.48. The van der Waals surface area contributed by atoms with Crippen LogP contribution in [0, 0.1) is 5.82 Å². The summed E-state index contributed by atoms with van der Waals surface area (Å²) in [6, 6.07) is 3.30. The van der Waals surface area contributed by atoms with Crippen LogP contribution < -0.4 is 10.6 Å². The van der Waals surface area contributed by atoms with E-state index < -0.39 is 116 Å². The Balaban J connectivity index is 1.57. The molecular formula is C25H27FN4O19. The number of amides is 3. The van der Waals surface area contributed by atoms with Crippen LogP contribution in [0.25, 0.3) is 0 Å². The minimum Gasteiger partial charge on any atom is -0.363 e. The molecule has 1 unspecified atom stereocenters. The van der Waals surface area contributed by atoms with Crippen LogP contribution in [-0.4, -0.2) is 134 Å². The molecule has 3 amide bonds. The van der Waals surface area contributed by atoms with Crippen LogP contribution in [-0.2, 0) is 32.1 Å². The number of halogens is 1. The fourth-order valence-corrected chi connectivity index (χ4v) is 5.56. The van der Waals surface area contributed by atoms with E-state index in [1.54, 1.807) is 10.6 Å². The quantitative estimate of drug-likeness (QED) is 0.0979. The summed E-state index contributed by atoms with van der Waals surface area (Å²) in [5.74, 6) is -36.5. The molecule has 2 aromatic carbocycles. The molecule has 0 saturated carbocycles. The molecule has 24 heteroatoms. The SMILES string of the molecule is O=C1CCC(O)(N2C(=O)c3cccc(NC(O)(O)c4cc(C(O)(O)N5C(O)(O)C(O)(O)OC(O)(O)C5(O)O)ccc4F)c3C2(O)O)C(=O)N1. The smallest absolute Gasteiger partial charge is 0.356 e. The number of fused-ring (bicyclic) bond motifs is 1. The number of carbonyl (C=O) groups is 3. The van der Waals surface area contributed by atoms with Gasteiger partial charge in [0, 0.05) is 24.1 Å². The molecule has 0 aliphatic carbocycles. The van der Waals surface area contributed by atoms with Crippen molar-refractivity contribution in [2.45, 2.75) is 60.1 Å². The number of benzene rings is 2. The van der Waals surface area contributed by atoms with Gasteiger partial charge in [-0.15, -0.1) is 4.90 Å². The van der Waals surface area contributed by atoms with Gasteiger partial charge >= 0.3 is 23.8 Å². The summed E-state index contributed by atoms with van der Waals surface area (Å²) in [6.07, 6.45) is -1.38. The zero-order chi connectivity index (χ0) is 37.1. The van der Waals surface area contributed by atoms with Gasteiger partial charge in [-0.3, -0.25) is 24.4 Å². The van der Waals surface area contributed by atoms with Crippen molar-refractivity contribution in [2.75, 3.05) is 5.32 Å². The number of piperidine rings is 1. The highest BCUT2D eigenvalue weighted by atomic mass is 19.1. The molecule has 2 aromatic rings. The van der Waals surface area contributed by atoms with Gasteiger partial charge in [-0.25, -0.2) is 9.29 Å². The summed E-state index contributed by atoms with van der Waals surface area (Å²) in [6.45, 7) is 0.